The smallest absolute Gasteiger partial charge is 0.328 e. The second-order valence-electron chi connectivity index (χ2n) is 50.1. The molecule has 9 aromatic carbocycles. The van der Waals surface area contributed by atoms with Crippen LogP contribution in [0, 0.1) is 62.3 Å². The molecule has 0 bridgehead atoms. The number of para-hydroxylation sites is 4. The third-order valence-electron chi connectivity index (χ3n) is 27.2. The minimum Gasteiger partial charge on any atom is -0.461 e. The Hall–Kier alpha value is -12.3. The van der Waals surface area contributed by atoms with Gasteiger partial charge in [0.1, 0.15) is 40.3 Å². The molecule has 0 spiro atoms. The van der Waals surface area contributed by atoms with Gasteiger partial charge in [0.15, 0.2) is 0 Å². The van der Waals surface area contributed by atoms with Gasteiger partial charge in [0.25, 0.3) is 0 Å². The summed E-state index contributed by atoms with van der Waals surface area (Å²) in [5, 5.41) is 9.47. The molecule has 0 aliphatic rings. The maximum Gasteiger partial charge on any atom is 0.328 e. The highest BCUT2D eigenvalue weighted by molar-refractivity contribution is 7.19. The van der Waals surface area contributed by atoms with E-state index in [1.807, 2.05) is 86.6 Å². The van der Waals surface area contributed by atoms with Crippen molar-refractivity contribution in [2.45, 2.75) is 324 Å². The fraction of sp³-hybridized carbons (Fsp3) is 0.430. The number of furan rings is 1. The van der Waals surface area contributed by atoms with Crippen LogP contribution in [-0.2, 0) is 96.6 Å². The Morgan fingerprint density at radius 3 is 1.30 bits per heavy atom. The molecule has 776 valence electrons. The Kier molecular flexibility index (Phi) is 34.1. The summed E-state index contributed by atoms with van der Waals surface area (Å²) in [5.74, 6) is 5.33. The van der Waals surface area contributed by atoms with Crippen LogP contribution in [-0.4, -0.2) is 66.5 Å². The zero-order valence-electron chi connectivity index (χ0n) is 97.1. The lowest BCUT2D eigenvalue weighted by Crippen LogP contribution is -2.22. The van der Waals surface area contributed by atoms with Crippen LogP contribution in [0.15, 0.2) is 222 Å². The molecule has 16 nitrogen and oxygen atoms in total. The van der Waals surface area contributed by atoms with Crippen molar-refractivity contribution in [3.63, 3.8) is 0 Å². The van der Waals surface area contributed by atoms with Gasteiger partial charge in [0.2, 0.25) is 0 Å². The fourth-order valence-electron chi connectivity index (χ4n) is 18.5. The van der Waals surface area contributed by atoms with Crippen LogP contribution in [0.3, 0.4) is 0 Å². The zero-order valence-corrected chi connectivity index (χ0v) is 98.7. The Morgan fingerprint density at radius 1 is 0.315 bits per heavy atom. The number of imidazole rings is 6. The average molecular weight is 2000 g/mol. The van der Waals surface area contributed by atoms with Crippen LogP contribution in [0.4, 0.5) is 0 Å². The van der Waals surface area contributed by atoms with Gasteiger partial charge in [-0.1, -0.05) is 266 Å². The predicted molar refractivity (Wildman–Crippen MR) is 632 cm³/mol. The van der Waals surface area contributed by atoms with Crippen molar-refractivity contribution >= 4 is 126 Å². The fourth-order valence-corrected chi connectivity index (χ4v) is 20.6. The number of hydrogen-bond donors (Lipinski definition) is 0. The molecule has 20 rings (SSSR count). The molecule has 146 heavy (non-hydrogen) atoms. The molecule has 18 heteroatoms. The average Bonchev–Trinajstić information content (AvgIpc) is 1.62. The van der Waals surface area contributed by atoms with Gasteiger partial charge in [-0.2, -0.15) is 5.10 Å². The number of thiophene rings is 2. The van der Waals surface area contributed by atoms with Gasteiger partial charge in [-0.3, -0.25) is 13.8 Å². The van der Waals surface area contributed by atoms with Crippen LogP contribution < -0.4 is 5.69 Å². The van der Waals surface area contributed by atoms with Crippen molar-refractivity contribution in [1.29, 1.82) is 0 Å². The van der Waals surface area contributed by atoms with E-state index in [0.717, 1.165) is 79.1 Å². The molecule has 0 fully saturated rings. The molecule has 0 aliphatic carbocycles. The van der Waals surface area contributed by atoms with Crippen molar-refractivity contribution in [3.8, 4) is 0 Å². The number of aryl methyl sites for hydroxylation is 15. The highest BCUT2D eigenvalue weighted by Crippen LogP contribution is 2.40. The topological polar surface area (TPSA) is 146 Å². The lowest BCUT2D eigenvalue weighted by molar-refractivity contribution is 0.399. The third kappa shape index (κ3) is 27.2. The first-order chi connectivity index (χ1) is 67.3. The Balaban J connectivity index is 0.000000154. The molecule has 20 aromatic rings. The monoisotopic (exact) mass is 2000 g/mol. The van der Waals surface area contributed by atoms with Crippen molar-refractivity contribution in [2.75, 3.05) is 0 Å². The number of nitrogens with zero attached hydrogens (tertiary/aromatic N) is 14. The lowest BCUT2D eigenvalue weighted by atomic mass is 9.86. The second kappa shape index (κ2) is 43.7. The van der Waals surface area contributed by atoms with Gasteiger partial charge in [-0.15, -0.1) is 22.7 Å². The van der Waals surface area contributed by atoms with Gasteiger partial charge in [0, 0.05) is 94.8 Å². The molecule has 0 N–H and O–H groups in total. The highest BCUT2D eigenvalue weighted by atomic mass is 32.1. The van der Waals surface area contributed by atoms with Crippen molar-refractivity contribution in [1.82, 2.24) is 66.5 Å². The molecule has 0 unspecified atom stereocenters. The van der Waals surface area contributed by atoms with Crippen LogP contribution in [0.1, 0.15) is 308 Å². The minimum absolute atomic E-state index is 0.0288. The summed E-state index contributed by atoms with van der Waals surface area (Å²) in [6, 6.07) is 70.8. The summed E-state index contributed by atoms with van der Waals surface area (Å²) in [6.07, 6.45) is 4.12. The summed E-state index contributed by atoms with van der Waals surface area (Å²) in [5.41, 5.74) is 30.8. The van der Waals surface area contributed by atoms with E-state index in [9.17, 15) is 4.79 Å². The molecule has 0 aliphatic heterocycles. The molecule has 0 atom stereocenters. The van der Waals surface area contributed by atoms with Crippen LogP contribution in [0.2, 0.25) is 0 Å². The summed E-state index contributed by atoms with van der Waals surface area (Å²) in [7, 11) is 11.8. The molecule has 0 saturated heterocycles. The molecule has 0 amide bonds. The number of rotatable bonds is 0. The summed E-state index contributed by atoms with van der Waals surface area (Å²) in [4.78, 5) is 37.6. The number of hydrogen-bond acceptors (Lipinski definition) is 10. The molecule has 0 radical (unpaired) electrons. The van der Waals surface area contributed by atoms with Crippen LogP contribution >= 0.6 is 22.7 Å². The molecule has 11 heterocycles. The summed E-state index contributed by atoms with van der Waals surface area (Å²) < 4.78 is 24.6. The molecule has 11 aromatic heterocycles. The Bertz CT molecular complexity index is 7830. The Morgan fingerprint density at radius 2 is 0.760 bits per heavy atom. The van der Waals surface area contributed by atoms with E-state index in [1.54, 1.807) is 16.2 Å². The molecular formula is C128H170N14O2S2. The van der Waals surface area contributed by atoms with Gasteiger partial charge in [-0.05, 0) is 303 Å². The standard InChI is InChI=1S/C14H20N2.C13H18N2O.2C13H18N2.C13H16O.2C13H16S.3C12H16N2/c1-9-7-12-15-11(3)13(14(4,5)6)16(12)8-10(9)2;1-13(2,3)9-6-7-10-11(8-9)15(5)12(16)14(10)4;1-9-14-11-8-10(13(2,3)4)6-7-12(11)15(9)5;1-9-14-11-7-6-10(13(2,3)4)8-12(11)15(9)5;2*1-9-7-10-8-11(13(2,3)4)5-6-12(10)14-9;1-9-10-7-5-6-8-11(10)14-12(9)13(2,3)4;1-12(2,3)10-5-6-11-9(7-10)8-13-14(11)4;1-12(2,3)11-13-9-7-5-6-8-10(9)14(11)4;1-9-13-10-7-5-6-8-11(10)14(9)12(2,3)4/h7-8H,1-6H3;6-8H,1-5H3;2*6-8H,1-5H3;6*5-8H,1-4H3. The van der Waals surface area contributed by atoms with E-state index in [-0.39, 0.29) is 60.0 Å². The van der Waals surface area contributed by atoms with E-state index in [1.165, 1.54) is 124 Å². The first kappa shape index (κ1) is 114. The molecule has 0 saturated carbocycles. The zero-order chi connectivity index (χ0) is 109. The first-order valence-electron chi connectivity index (χ1n) is 51.6. The van der Waals surface area contributed by atoms with E-state index in [2.05, 4.69) is 511 Å². The normalized spacial score (nSPS) is 12.3. The van der Waals surface area contributed by atoms with Gasteiger partial charge >= 0.3 is 5.69 Å². The second-order valence-corrected chi connectivity index (χ2v) is 52.4. The number of fused-ring (bicyclic) bond motifs is 10. The maximum absolute atomic E-state index is 11.8. The number of aromatic nitrogens is 14. The summed E-state index contributed by atoms with van der Waals surface area (Å²) >= 11 is 3.80. The van der Waals surface area contributed by atoms with E-state index >= 15 is 0 Å². The van der Waals surface area contributed by atoms with E-state index in [4.69, 9.17) is 4.42 Å². The van der Waals surface area contributed by atoms with Crippen molar-refractivity contribution in [3.05, 3.63) is 323 Å². The van der Waals surface area contributed by atoms with Gasteiger partial charge in [0.05, 0.1) is 78.3 Å². The van der Waals surface area contributed by atoms with Gasteiger partial charge < -0.3 is 27.1 Å². The first-order valence-corrected chi connectivity index (χ1v) is 53.2. The highest BCUT2D eigenvalue weighted by Gasteiger charge is 2.28. The SMILES string of the molecule is Cc1c(C(C)(C)C)sc2ccccc12.Cc1cc2cc(C(C)(C)C)ccc2o1.Cc1cc2cc(C(C)(C)C)ccc2s1.Cc1cc2nc(C)c(C(C)(C)C)n2cc1C.Cc1nc2cc(C(C)(C)C)ccc2n1C.Cc1nc2ccc(C(C)(C)C)cc2n1C.Cc1nc2ccccc2n1C(C)(C)C.Cn1c(=O)n(C)c2cc(C(C)(C)C)ccc21.Cn1c(C(C)(C)C)nc2ccccc21.Cn1ncc2cc(C(C)(C)C)ccc21. The van der Waals surface area contributed by atoms with Crippen LogP contribution in [0.5, 0.6) is 0 Å². The summed E-state index contributed by atoms with van der Waals surface area (Å²) in [6.45, 7) is 85.7. The quantitative estimate of drug-likeness (QED) is 0.146. The maximum atomic E-state index is 11.8. The van der Waals surface area contributed by atoms with Gasteiger partial charge in [-0.25, -0.2) is 29.7 Å². The predicted octanol–water partition coefficient (Wildman–Crippen LogP) is 34.0. The van der Waals surface area contributed by atoms with Crippen molar-refractivity contribution in [2.24, 2.45) is 42.3 Å². The minimum atomic E-state index is 0.0288. The van der Waals surface area contributed by atoms with E-state index < -0.39 is 0 Å². The molecular weight excluding hydrogens is 1830 g/mol. The van der Waals surface area contributed by atoms with E-state index in [0.29, 0.717) is 0 Å². The third-order valence-corrected chi connectivity index (χ3v) is 29.9. The van der Waals surface area contributed by atoms with Crippen LogP contribution in [0.25, 0.3) is 103 Å². The lowest BCUT2D eigenvalue weighted by Gasteiger charge is -2.23. The Labute approximate surface area is 880 Å². The largest absolute Gasteiger partial charge is 0.461 e. The number of pyridine rings is 1. The van der Waals surface area contributed by atoms with Crippen molar-refractivity contribution < 1.29 is 4.42 Å². The number of benzene rings is 9.